The smallest absolute Gasteiger partial charge is 0.343 e. The van der Waals surface area contributed by atoms with Gasteiger partial charge in [0.2, 0.25) is 0 Å². The number of ether oxygens (including phenoxy) is 5. The minimum atomic E-state index is -0.466. The van der Waals surface area contributed by atoms with Crippen LogP contribution in [-0.4, -0.2) is 44.0 Å². The summed E-state index contributed by atoms with van der Waals surface area (Å²) in [6, 6.07) is 22.3. The van der Waals surface area contributed by atoms with Crippen LogP contribution in [0, 0.1) is 12.8 Å². The zero-order valence-corrected chi connectivity index (χ0v) is 29.0. The second-order valence-electron chi connectivity index (χ2n) is 13.4. The summed E-state index contributed by atoms with van der Waals surface area (Å²) >= 11 is 0. The van der Waals surface area contributed by atoms with Gasteiger partial charge < -0.3 is 23.7 Å². The SMILES string of the molecule is CCCCc1cccc(OC(=O)c2ccc(OC(=O)c3ccc4cc(OCCCOCC5CCC6OC6C5)ccc4c3)c(C)c2)c1CCC. The fraction of sp³-hybridized carbons (Fsp3) is 0.429. The third-order valence-electron chi connectivity index (χ3n) is 9.56. The summed E-state index contributed by atoms with van der Waals surface area (Å²) in [5, 5.41) is 1.88. The Kier molecular flexibility index (Phi) is 11.6. The molecule has 4 aromatic carbocycles. The Morgan fingerprint density at radius 3 is 2.33 bits per heavy atom. The molecule has 7 nitrogen and oxygen atoms in total. The summed E-state index contributed by atoms with van der Waals surface area (Å²) in [5.41, 5.74) is 3.85. The number of unbranched alkanes of at least 4 members (excludes halogenated alkanes) is 1. The molecule has 1 aliphatic carbocycles. The maximum atomic E-state index is 13.2. The molecule has 49 heavy (non-hydrogen) atoms. The molecule has 3 unspecified atom stereocenters. The Morgan fingerprint density at radius 2 is 1.53 bits per heavy atom. The highest BCUT2D eigenvalue weighted by molar-refractivity contribution is 5.97. The number of carbonyl (C=O) groups is 2. The van der Waals surface area contributed by atoms with Crippen LogP contribution < -0.4 is 14.2 Å². The average molecular weight is 665 g/mol. The first-order chi connectivity index (χ1) is 23.9. The standard InChI is InChI=1S/C42H48O7/c1-4-6-10-30-11-7-12-38(36(30)9-5-2)49-41(43)33-17-20-37(28(3)23-33)48-42(44)34-15-14-32-26-35(18-16-31(32)25-34)46-22-8-21-45-27-29-13-19-39-40(24-29)47-39/h7,11-12,14-18,20,23,25-26,29,39-40H,4-6,8-10,13,19,21-22,24,27H2,1-3H3. The minimum Gasteiger partial charge on any atom is -0.493 e. The van der Waals surface area contributed by atoms with Crippen LogP contribution in [0.3, 0.4) is 0 Å². The molecule has 0 amide bonds. The highest BCUT2D eigenvalue weighted by Crippen LogP contribution is 2.39. The second kappa shape index (κ2) is 16.5. The van der Waals surface area contributed by atoms with Crippen LogP contribution in [0.5, 0.6) is 17.2 Å². The number of esters is 2. The fourth-order valence-corrected chi connectivity index (χ4v) is 6.73. The molecule has 6 rings (SSSR count). The van der Waals surface area contributed by atoms with E-state index >= 15 is 0 Å². The van der Waals surface area contributed by atoms with E-state index in [4.69, 9.17) is 23.7 Å². The van der Waals surface area contributed by atoms with Crippen molar-refractivity contribution in [2.75, 3.05) is 19.8 Å². The van der Waals surface area contributed by atoms with E-state index in [9.17, 15) is 9.59 Å². The fourth-order valence-electron chi connectivity index (χ4n) is 6.73. The number of hydrogen-bond donors (Lipinski definition) is 0. The third-order valence-corrected chi connectivity index (χ3v) is 9.56. The lowest BCUT2D eigenvalue weighted by Crippen LogP contribution is -2.19. The van der Waals surface area contributed by atoms with Gasteiger partial charge in [-0.2, -0.15) is 0 Å². The first-order valence-electron chi connectivity index (χ1n) is 18.0. The van der Waals surface area contributed by atoms with Crippen molar-refractivity contribution < 1.29 is 33.3 Å². The molecule has 0 spiro atoms. The van der Waals surface area contributed by atoms with E-state index in [0.717, 1.165) is 73.6 Å². The topological polar surface area (TPSA) is 83.6 Å². The Balaban J connectivity index is 1.00. The van der Waals surface area contributed by atoms with Gasteiger partial charge in [-0.3, -0.25) is 0 Å². The van der Waals surface area contributed by atoms with E-state index in [-0.39, 0.29) is 0 Å². The lowest BCUT2D eigenvalue weighted by Gasteiger charge is -2.18. The van der Waals surface area contributed by atoms with Crippen LogP contribution in [0.4, 0.5) is 0 Å². The van der Waals surface area contributed by atoms with Crippen LogP contribution in [-0.2, 0) is 22.3 Å². The molecular formula is C42H48O7. The number of epoxide rings is 1. The molecule has 1 saturated heterocycles. The van der Waals surface area contributed by atoms with Crippen molar-refractivity contribution >= 4 is 22.7 Å². The molecule has 258 valence electrons. The maximum Gasteiger partial charge on any atom is 0.343 e. The van der Waals surface area contributed by atoms with Crippen LogP contribution >= 0.6 is 0 Å². The van der Waals surface area contributed by atoms with Gasteiger partial charge in [0.25, 0.3) is 0 Å². The molecule has 0 N–H and O–H groups in total. The molecule has 0 aromatic heterocycles. The van der Waals surface area contributed by atoms with Gasteiger partial charge in [0.15, 0.2) is 0 Å². The van der Waals surface area contributed by atoms with E-state index in [2.05, 4.69) is 19.9 Å². The molecule has 0 bridgehead atoms. The Morgan fingerprint density at radius 1 is 0.755 bits per heavy atom. The summed E-state index contributed by atoms with van der Waals surface area (Å²) in [6.07, 6.45) is 10.4. The number of hydrogen-bond acceptors (Lipinski definition) is 7. The Bertz CT molecular complexity index is 1760. The molecule has 1 heterocycles. The van der Waals surface area contributed by atoms with Gasteiger partial charge in [0.1, 0.15) is 17.2 Å². The number of carbonyl (C=O) groups excluding carboxylic acids is 2. The van der Waals surface area contributed by atoms with Crippen molar-refractivity contribution in [3.63, 3.8) is 0 Å². The van der Waals surface area contributed by atoms with E-state index in [1.165, 1.54) is 18.4 Å². The maximum absolute atomic E-state index is 13.2. The second-order valence-corrected chi connectivity index (χ2v) is 13.4. The molecule has 2 aliphatic rings. The van der Waals surface area contributed by atoms with Gasteiger partial charge >= 0.3 is 11.9 Å². The summed E-state index contributed by atoms with van der Waals surface area (Å²) in [5.74, 6) is 1.52. The monoisotopic (exact) mass is 664 g/mol. The van der Waals surface area contributed by atoms with Crippen molar-refractivity contribution in [1.82, 2.24) is 0 Å². The average Bonchev–Trinajstić information content (AvgIpc) is 3.89. The highest BCUT2D eigenvalue weighted by Gasteiger charge is 2.43. The van der Waals surface area contributed by atoms with Crippen molar-refractivity contribution in [2.45, 2.75) is 90.8 Å². The molecule has 2 fully saturated rings. The summed E-state index contributed by atoms with van der Waals surface area (Å²) < 4.78 is 29.1. The number of fused-ring (bicyclic) bond motifs is 2. The molecule has 7 heteroatoms. The largest absolute Gasteiger partial charge is 0.493 e. The lowest BCUT2D eigenvalue weighted by molar-refractivity contribution is 0.0729. The zero-order valence-electron chi connectivity index (χ0n) is 29.0. The Hall–Kier alpha value is -4.20. The van der Waals surface area contributed by atoms with Gasteiger partial charge in [-0.05, 0) is 127 Å². The summed E-state index contributed by atoms with van der Waals surface area (Å²) in [4.78, 5) is 26.3. The van der Waals surface area contributed by atoms with Crippen molar-refractivity contribution in [3.8, 4) is 17.2 Å². The zero-order chi connectivity index (χ0) is 34.2. The van der Waals surface area contributed by atoms with Crippen LogP contribution in [0.2, 0.25) is 0 Å². The predicted octanol–water partition coefficient (Wildman–Crippen LogP) is 9.23. The number of benzene rings is 4. The summed E-state index contributed by atoms with van der Waals surface area (Å²) in [7, 11) is 0. The third kappa shape index (κ3) is 9.08. The van der Waals surface area contributed by atoms with Gasteiger partial charge in [0, 0.05) is 19.6 Å². The lowest BCUT2D eigenvalue weighted by atomic mass is 9.90. The van der Waals surface area contributed by atoms with Crippen LogP contribution in [0.25, 0.3) is 10.8 Å². The van der Waals surface area contributed by atoms with Gasteiger partial charge in [-0.25, -0.2) is 9.59 Å². The first kappa shape index (κ1) is 34.7. The molecule has 1 saturated carbocycles. The molecule has 1 aliphatic heterocycles. The van der Waals surface area contributed by atoms with Crippen LogP contribution in [0.1, 0.15) is 96.2 Å². The Labute approximate surface area is 289 Å². The van der Waals surface area contributed by atoms with Gasteiger partial charge in [0.05, 0.1) is 29.9 Å². The number of aryl methyl sites for hydroxylation is 2. The molecular weight excluding hydrogens is 616 g/mol. The van der Waals surface area contributed by atoms with E-state index in [0.29, 0.717) is 59.5 Å². The molecule has 4 aromatic rings. The minimum absolute atomic E-state index is 0.395. The number of rotatable bonds is 16. The first-order valence-corrected chi connectivity index (χ1v) is 18.0. The normalized spacial score (nSPS) is 18.1. The van der Waals surface area contributed by atoms with E-state index < -0.39 is 11.9 Å². The van der Waals surface area contributed by atoms with E-state index in [1.807, 2.05) is 49.4 Å². The van der Waals surface area contributed by atoms with Crippen molar-refractivity contribution in [1.29, 1.82) is 0 Å². The van der Waals surface area contributed by atoms with Crippen molar-refractivity contribution in [3.05, 3.63) is 101 Å². The predicted molar refractivity (Wildman–Crippen MR) is 191 cm³/mol. The summed E-state index contributed by atoms with van der Waals surface area (Å²) in [6.45, 7) is 8.19. The van der Waals surface area contributed by atoms with Gasteiger partial charge in [-0.1, -0.05) is 51.0 Å². The van der Waals surface area contributed by atoms with Crippen LogP contribution in [0.15, 0.2) is 72.8 Å². The quantitative estimate of drug-likeness (QED) is 0.0511. The van der Waals surface area contributed by atoms with E-state index in [1.54, 1.807) is 24.3 Å². The highest BCUT2D eigenvalue weighted by atomic mass is 16.6. The molecule has 0 radical (unpaired) electrons. The molecule has 3 atom stereocenters. The van der Waals surface area contributed by atoms with Gasteiger partial charge in [-0.15, -0.1) is 0 Å². The van der Waals surface area contributed by atoms with Crippen molar-refractivity contribution in [2.24, 2.45) is 5.92 Å².